The van der Waals surface area contributed by atoms with E-state index in [4.69, 9.17) is 4.74 Å². The lowest BCUT2D eigenvalue weighted by Crippen LogP contribution is -2.52. The van der Waals surface area contributed by atoms with E-state index in [-0.39, 0.29) is 47.9 Å². The smallest absolute Gasteiger partial charge is 0.272 e. The summed E-state index contributed by atoms with van der Waals surface area (Å²) in [5.41, 5.74) is 0.746. The van der Waals surface area contributed by atoms with E-state index >= 15 is 0 Å². The second-order valence-electron chi connectivity index (χ2n) is 12.0. The molecule has 2 N–H and O–H groups in total. The molecule has 0 bridgehead atoms. The quantitative estimate of drug-likeness (QED) is 0.413. The fraction of sp³-hybridized carbons (Fsp3) is 0.594. The highest BCUT2D eigenvalue weighted by molar-refractivity contribution is 5.96. The molecule has 1 saturated carbocycles. The molecule has 2 aliphatic heterocycles. The van der Waals surface area contributed by atoms with E-state index in [0.29, 0.717) is 31.7 Å². The predicted molar refractivity (Wildman–Crippen MR) is 161 cm³/mol. The molecule has 1 aromatic carbocycles. The molecule has 0 unspecified atom stereocenters. The Labute approximate surface area is 253 Å². The summed E-state index contributed by atoms with van der Waals surface area (Å²) in [6.07, 6.45) is 8.26. The van der Waals surface area contributed by atoms with Crippen molar-refractivity contribution in [3.63, 3.8) is 0 Å². The first kappa shape index (κ1) is 30.6. The van der Waals surface area contributed by atoms with Crippen molar-refractivity contribution in [2.45, 2.75) is 89.8 Å². The highest BCUT2D eigenvalue weighted by atomic mass is 16.5. The number of hydrogen-bond acceptors (Lipinski definition) is 6. The van der Waals surface area contributed by atoms with Gasteiger partial charge in [0.15, 0.2) is 12.3 Å². The number of amides is 4. The summed E-state index contributed by atoms with van der Waals surface area (Å²) < 4.78 is 7.46. The summed E-state index contributed by atoms with van der Waals surface area (Å²) in [5, 5.41) is 10.5. The van der Waals surface area contributed by atoms with Crippen LogP contribution in [0.15, 0.2) is 36.4 Å². The zero-order chi connectivity index (χ0) is 30.3. The summed E-state index contributed by atoms with van der Waals surface area (Å²) in [6.45, 7) is 5.58. The number of rotatable bonds is 11. The highest BCUT2D eigenvalue weighted by Crippen LogP contribution is 2.24. The summed E-state index contributed by atoms with van der Waals surface area (Å²) in [5.74, 6) is -0.761. The molecule has 1 aliphatic carbocycles. The van der Waals surface area contributed by atoms with Gasteiger partial charge >= 0.3 is 0 Å². The fourth-order valence-corrected chi connectivity index (χ4v) is 5.95. The van der Waals surface area contributed by atoms with Crippen LogP contribution in [-0.2, 0) is 14.4 Å². The number of benzene rings is 1. The molecule has 11 heteroatoms. The average molecular weight is 593 g/mol. The number of nitrogens with zero attached hydrogens (tertiary/aromatic N) is 4. The van der Waals surface area contributed by atoms with Crippen molar-refractivity contribution in [3.8, 4) is 11.6 Å². The largest absolute Gasteiger partial charge is 0.467 e. The van der Waals surface area contributed by atoms with E-state index in [1.165, 1.54) is 10.7 Å². The second kappa shape index (κ2) is 14.1. The number of carbonyl (C=O) groups is 4. The van der Waals surface area contributed by atoms with Crippen molar-refractivity contribution in [2.24, 2.45) is 5.92 Å². The van der Waals surface area contributed by atoms with Gasteiger partial charge in [-0.15, -0.1) is 0 Å². The first-order chi connectivity index (χ1) is 20.9. The van der Waals surface area contributed by atoms with Gasteiger partial charge < -0.3 is 25.2 Å². The molecule has 0 radical (unpaired) electrons. The molecular formula is C32H44N6O5. The number of ether oxygens (including phenoxy) is 1. The molecule has 2 saturated heterocycles. The molecular weight excluding hydrogens is 548 g/mol. The molecule has 3 heterocycles. The highest BCUT2D eigenvalue weighted by Gasteiger charge is 2.36. The molecule has 1 aromatic heterocycles. The SMILES string of the molecule is CC[C@H](C)[C@H](NC(=O)c1cc(OCC(=O)N2CCC[C@H]2C(=O)NC2CCC2)n(-c2ccccc2)n1)C(=O)N1CCCCC1. The molecule has 3 aliphatic rings. The lowest BCUT2D eigenvalue weighted by molar-refractivity contribution is -0.140. The van der Waals surface area contributed by atoms with Crippen molar-refractivity contribution in [1.82, 2.24) is 30.2 Å². The van der Waals surface area contributed by atoms with Crippen molar-refractivity contribution in [3.05, 3.63) is 42.1 Å². The fourth-order valence-electron chi connectivity index (χ4n) is 5.95. The Morgan fingerprint density at radius 2 is 1.72 bits per heavy atom. The number of hydrogen-bond donors (Lipinski definition) is 2. The lowest BCUT2D eigenvalue weighted by Gasteiger charge is -2.32. The predicted octanol–water partition coefficient (Wildman–Crippen LogP) is 3.07. The Kier molecular flexibility index (Phi) is 9.99. The van der Waals surface area contributed by atoms with Gasteiger partial charge in [-0.05, 0) is 69.4 Å². The molecule has 43 heavy (non-hydrogen) atoms. The molecule has 3 fully saturated rings. The van der Waals surface area contributed by atoms with E-state index in [1.807, 2.05) is 49.1 Å². The van der Waals surface area contributed by atoms with Crippen molar-refractivity contribution in [1.29, 1.82) is 0 Å². The van der Waals surface area contributed by atoms with Crippen LogP contribution < -0.4 is 15.4 Å². The number of piperidine rings is 1. The van der Waals surface area contributed by atoms with Crippen LogP contribution in [0.5, 0.6) is 5.88 Å². The maximum Gasteiger partial charge on any atom is 0.272 e. The zero-order valence-corrected chi connectivity index (χ0v) is 25.3. The van der Waals surface area contributed by atoms with E-state index in [0.717, 1.165) is 51.4 Å². The van der Waals surface area contributed by atoms with Gasteiger partial charge in [-0.1, -0.05) is 38.5 Å². The number of carbonyl (C=O) groups excluding carboxylic acids is 4. The molecule has 232 valence electrons. The van der Waals surface area contributed by atoms with E-state index in [2.05, 4.69) is 15.7 Å². The minimum Gasteiger partial charge on any atom is -0.467 e. The first-order valence-electron chi connectivity index (χ1n) is 15.8. The van der Waals surface area contributed by atoms with Gasteiger partial charge in [0.05, 0.1) is 5.69 Å². The summed E-state index contributed by atoms with van der Waals surface area (Å²) >= 11 is 0. The van der Waals surface area contributed by atoms with Crippen molar-refractivity contribution >= 4 is 23.6 Å². The molecule has 4 amide bonds. The number of likely N-dealkylation sites (tertiary alicyclic amines) is 2. The second-order valence-corrected chi connectivity index (χ2v) is 12.0. The number of nitrogens with one attached hydrogen (secondary N) is 2. The van der Waals surface area contributed by atoms with Crippen molar-refractivity contribution in [2.75, 3.05) is 26.2 Å². The standard InChI is InChI=1S/C32H44N6O5/c1-3-22(2)29(32(42)36-17-8-5-9-18-36)34-30(40)25-20-28(38(35-25)24-14-6-4-7-15-24)43-21-27(39)37-19-11-16-26(37)31(41)33-23-12-10-13-23/h4,6-7,14-15,20,22-23,26,29H,3,5,8-13,16-19,21H2,1-2H3,(H,33,41)(H,34,40)/t22-,26-,29-/m0/s1. The van der Waals surface area contributed by atoms with Crippen LogP contribution in [0.1, 0.15) is 82.1 Å². The minimum atomic E-state index is -0.665. The Morgan fingerprint density at radius 1 is 0.977 bits per heavy atom. The minimum absolute atomic E-state index is 0.0576. The van der Waals surface area contributed by atoms with Gasteiger partial charge in [0.1, 0.15) is 12.1 Å². The topological polar surface area (TPSA) is 126 Å². The van der Waals surface area contributed by atoms with Gasteiger partial charge in [0.2, 0.25) is 17.7 Å². The third-order valence-corrected chi connectivity index (χ3v) is 9.01. The number of aromatic nitrogens is 2. The Balaban J connectivity index is 1.30. The monoisotopic (exact) mass is 592 g/mol. The van der Waals surface area contributed by atoms with Crippen molar-refractivity contribution < 1.29 is 23.9 Å². The summed E-state index contributed by atoms with van der Waals surface area (Å²) in [7, 11) is 0. The third-order valence-electron chi connectivity index (χ3n) is 9.01. The Bertz CT molecular complexity index is 1290. The van der Waals surface area contributed by atoms with Crippen LogP contribution >= 0.6 is 0 Å². The molecule has 2 aromatic rings. The van der Waals surface area contributed by atoms with Gasteiger partial charge in [-0.3, -0.25) is 19.2 Å². The molecule has 0 spiro atoms. The van der Waals surface area contributed by atoms with Crippen LogP contribution in [0.4, 0.5) is 0 Å². The average Bonchev–Trinajstić information content (AvgIpc) is 3.69. The van der Waals surface area contributed by atoms with Crippen LogP contribution in [0.2, 0.25) is 0 Å². The van der Waals surface area contributed by atoms with Crippen LogP contribution in [-0.4, -0.2) is 87.6 Å². The molecule has 3 atom stereocenters. The summed E-state index contributed by atoms with van der Waals surface area (Å²) in [4.78, 5) is 56.4. The van der Waals surface area contributed by atoms with Crippen LogP contribution in [0.25, 0.3) is 5.69 Å². The Hall–Kier alpha value is -3.89. The zero-order valence-electron chi connectivity index (χ0n) is 25.3. The normalized spacial score (nSPS) is 20.2. The van der Waals surface area contributed by atoms with E-state index in [1.54, 1.807) is 4.90 Å². The van der Waals surface area contributed by atoms with Gasteiger partial charge in [0, 0.05) is 31.7 Å². The maximum absolute atomic E-state index is 13.5. The third kappa shape index (κ3) is 7.19. The Morgan fingerprint density at radius 3 is 2.40 bits per heavy atom. The van der Waals surface area contributed by atoms with Gasteiger partial charge in [0.25, 0.3) is 11.8 Å². The van der Waals surface area contributed by atoms with E-state index < -0.39 is 18.0 Å². The van der Waals surface area contributed by atoms with Gasteiger partial charge in [-0.2, -0.15) is 5.10 Å². The van der Waals surface area contributed by atoms with Crippen LogP contribution in [0, 0.1) is 5.92 Å². The molecule has 5 rings (SSSR count). The summed E-state index contributed by atoms with van der Waals surface area (Å²) in [6, 6.07) is 9.76. The van der Waals surface area contributed by atoms with Crippen LogP contribution in [0.3, 0.4) is 0 Å². The number of para-hydroxylation sites is 1. The molecule has 11 nitrogen and oxygen atoms in total. The first-order valence-corrected chi connectivity index (χ1v) is 15.8. The van der Waals surface area contributed by atoms with Gasteiger partial charge in [-0.25, -0.2) is 4.68 Å². The maximum atomic E-state index is 13.5. The lowest BCUT2D eigenvalue weighted by atomic mass is 9.93. The van der Waals surface area contributed by atoms with E-state index in [9.17, 15) is 19.2 Å².